The number of rotatable bonds is 6. The van der Waals surface area contributed by atoms with E-state index in [1.165, 1.54) is 23.1 Å². The fraction of sp³-hybridized carbons (Fsp3) is 0.143. The quantitative estimate of drug-likeness (QED) is 0.214. The summed E-state index contributed by atoms with van der Waals surface area (Å²) in [5.41, 5.74) is -0.659. The molecule has 0 aliphatic carbocycles. The SMILES string of the molecule is OC(c1ccccc1Cl)c1cccnc1-c1cn(-c2ccc(Cc3cc(C(F)(F)F)cc(C(F)(F)F)c3)nc2)nn1. The van der Waals surface area contributed by atoms with Crippen LogP contribution in [0.4, 0.5) is 26.3 Å². The van der Waals surface area contributed by atoms with Gasteiger partial charge in [-0.05, 0) is 48.0 Å². The maximum atomic E-state index is 13.2. The van der Waals surface area contributed by atoms with E-state index >= 15 is 0 Å². The summed E-state index contributed by atoms with van der Waals surface area (Å²) in [6.45, 7) is 0. The van der Waals surface area contributed by atoms with Gasteiger partial charge in [0.15, 0.2) is 0 Å². The summed E-state index contributed by atoms with van der Waals surface area (Å²) in [5.74, 6) is 0. The molecule has 0 fully saturated rings. The number of halogens is 7. The van der Waals surface area contributed by atoms with Gasteiger partial charge in [0.25, 0.3) is 0 Å². The van der Waals surface area contributed by atoms with Crippen LogP contribution in [0.2, 0.25) is 5.02 Å². The van der Waals surface area contributed by atoms with Gasteiger partial charge in [0.2, 0.25) is 0 Å². The van der Waals surface area contributed by atoms with E-state index < -0.39 is 29.6 Å². The number of benzene rings is 2. The van der Waals surface area contributed by atoms with E-state index in [1.54, 1.807) is 48.7 Å². The fourth-order valence-electron chi connectivity index (χ4n) is 4.20. The molecule has 2 aromatic carbocycles. The molecule has 0 aliphatic heterocycles. The second-order valence-electron chi connectivity index (χ2n) is 9.01. The van der Waals surface area contributed by atoms with Gasteiger partial charge in [0, 0.05) is 34.5 Å². The lowest BCUT2D eigenvalue weighted by atomic mass is 9.99. The molecular weight excluding hydrogens is 572 g/mol. The van der Waals surface area contributed by atoms with Gasteiger partial charge in [-0.3, -0.25) is 9.97 Å². The number of aliphatic hydroxyl groups is 1. The minimum absolute atomic E-state index is 0.0861. The molecule has 210 valence electrons. The van der Waals surface area contributed by atoms with Crippen molar-refractivity contribution in [2.45, 2.75) is 24.9 Å². The number of aromatic nitrogens is 5. The van der Waals surface area contributed by atoms with E-state index in [0.717, 1.165) is 0 Å². The molecule has 0 saturated heterocycles. The van der Waals surface area contributed by atoms with Crippen molar-refractivity contribution in [3.63, 3.8) is 0 Å². The van der Waals surface area contributed by atoms with Crippen LogP contribution in [0.1, 0.15) is 39.6 Å². The van der Waals surface area contributed by atoms with E-state index in [9.17, 15) is 31.4 Å². The average Bonchev–Trinajstić information content (AvgIpc) is 3.42. The average molecular weight is 590 g/mol. The van der Waals surface area contributed by atoms with Gasteiger partial charge in [0.05, 0.1) is 34.9 Å². The molecule has 1 atom stereocenters. The number of hydrogen-bond donors (Lipinski definition) is 1. The summed E-state index contributed by atoms with van der Waals surface area (Å²) in [7, 11) is 0. The van der Waals surface area contributed by atoms with Gasteiger partial charge < -0.3 is 5.11 Å². The third-order valence-electron chi connectivity index (χ3n) is 6.18. The predicted octanol–water partition coefficient (Wildman–Crippen LogP) is 7.09. The minimum Gasteiger partial charge on any atom is -0.384 e. The second-order valence-corrected chi connectivity index (χ2v) is 9.42. The molecule has 1 unspecified atom stereocenters. The van der Waals surface area contributed by atoms with Crippen LogP contribution in [0.3, 0.4) is 0 Å². The topological polar surface area (TPSA) is 76.7 Å². The molecule has 1 N–H and O–H groups in total. The monoisotopic (exact) mass is 589 g/mol. The van der Waals surface area contributed by atoms with Crippen molar-refractivity contribution < 1.29 is 31.4 Å². The molecule has 5 rings (SSSR count). The van der Waals surface area contributed by atoms with Crippen LogP contribution in [0.5, 0.6) is 0 Å². The molecule has 0 saturated carbocycles. The Morgan fingerprint density at radius 1 is 0.829 bits per heavy atom. The molecule has 3 aromatic heterocycles. The summed E-state index contributed by atoms with van der Waals surface area (Å²) in [6, 6.07) is 14.6. The lowest BCUT2D eigenvalue weighted by molar-refractivity contribution is -0.143. The third-order valence-corrected chi connectivity index (χ3v) is 6.52. The maximum absolute atomic E-state index is 13.2. The Bertz CT molecular complexity index is 1650. The Morgan fingerprint density at radius 3 is 2.15 bits per heavy atom. The standard InChI is InChI=1S/C28H18ClF6N5O/c29-23-6-2-1-4-21(23)26(41)22-5-3-9-36-25(22)24-15-40(39-38-24)20-8-7-19(37-14-20)12-16-10-17(27(30,31)32)13-18(11-16)28(33,34)35/h1-11,13-15,26,41H,12H2. The normalized spacial score (nSPS) is 12.9. The number of nitrogens with zero attached hydrogens (tertiary/aromatic N) is 5. The lowest BCUT2D eigenvalue weighted by Gasteiger charge is -2.15. The van der Waals surface area contributed by atoms with E-state index in [1.807, 2.05) is 0 Å². The molecular formula is C28H18ClF6N5O. The Kier molecular flexibility index (Phi) is 7.54. The summed E-state index contributed by atoms with van der Waals surface area (Å²) in [5, 5.41) is 19.6. The number of aliphatic hydroxyl groups excluding tert-OH is 1. The first kappa shape index (κ1) is 28.2. The Morgan fingerprint density at radius 2 is 1.51 bits per heavy atom. The Balaban J connectivity index is 1.39. The zero-order chi connectivity index (χ0) is 29.4. The smallest absolute Gasteiger partial charge is 0.384 e. The van der Waals surface area contributed by atoms with Gasteiger partial charge in [-0.1, -0.05) is 41.1 Å². The highest BCUT2D eigenvalue weighted by Crippen LogP contribution is 2.37. The van der Waals surface area contributed by atoms with Crippen LogP contribution in [0.15, 0.2) is 85.3 Å². The summed E-state index contributed by atoms with van der Waals surface area (Å²) >= 11 is 6.25. The van der Waals surface area contributed by atoms with Crippen LogP contribution < -0.4 is 0 Å². The molecule has 5 aromatic rings. The number of alkyl halides is 6. The summed E-state index contributed by atoms with van der Waals surface area (Å²) in [4.78, 5) is 8.54. The number of pyridine rings is 2. The van der Waals surface area contributed by atoms with Crippen molar-refractivity contribution in [2.75, 3.05) is 0 Å². The molecule has 0 aliphatic rings. The van der Waals surface area contributed by atoms with Gasteiger partial charge in [0.1, 0.15) is 11.8 Å². The third kappa shape index (κ3) is 6.23. The van der Waals surface area contributed by atoms with Crippen molar-refractivity contribution in [2.24, 2.45) is 0 Å². The second kappa shape index (κ2) is 10.9. The van der Waals surface area contributed by atoms with Gasteiger partial charge in [-0.2, -0.15) is 26.3 Å². The van der Waals surface area contributed by atoms with Crippen molar-refractivity contribution in [1.29, 1.82) is 0 Å². The van der Waals surface area contributed by atoms with Gasteiger partial charge >= 0.3 is 12.4 Å². The van der Waals surface area contributed by atoms with Crippen molar-refractivity contribution >= 4 is 11.6 Å². The zero-order valence-corrected chi connectivity index (χ0v) is 21.5. The van der Waals surface area contributed by atoms with Crippen LogP contribution in [-0.4, -0.2) is 30.1 Å². The highest BCUT2D eigenvalue weighted by molar-refractivity contribution is 6.31. The molecule has 3 heterocycles. The first-order valence-electron chi connectivity index (χ1n) is 11.9. The largest absolute Gasteiger partial charge is 0.416 e. The first-order chi connectivity index (χ1) is 19.4. The van der Waals surface area contributed by atoms with Crippen molar-refractivity contribution in [1.82, 2.24) is 25.0 Å². The summed E-state index contributed by atoms with van der Waals surface area (Å²) in [6.07, 6.45) is -6.77. The van der Waals surface area contributed by atoms with E-state index in [4.69, 9.17) is 11.6 Å². The predicted molar refractivity (Wildman–Crippen MR) is 137 cm³/mol. The molecule has 0 amide bonds. The van der Waals surface area contributed by atoms with Crippen LogP contribution in [-0.2, 0) is 18.8 Å². The Hall–Kier alpha value is -4.29. The summed E-state index contributed by atoms with van der Waals surface area (Å²) < 4.78 is 80.5. The van der Waals surface area contributed by atoms with E-state index in [-0.39, 0.29) is 23.7 Å². The zero-order valence-electron chi connectivity index (χ0n) is 20.7. The van der Waals surface area contributed by atoms with Gasteiger partial charge in [-0.25, -0.2) is 4.68 Å². The number of hydrogen-bond acceptors (Lipinski definition) is 5. The van der Waals surface area contributed by atoms with E-state index in [2.05, 4.69) is 20.3 Å². The lowest BCUT2D eigenvalue weighted by Crippen LogP contribution is -2.12. The maximum Gasteiger partial charge on any atom is 0.416 e. The van der Waals surface area contributed by atoms with Crippen molar-refractivity contribution in [3.8, 4) is 17.1 Å². The highest BCUT2D eigenvalue weighted by Gasteiger charge is 2.36. The van der Waals surface area contributed by atoms with Crippen molar-refractivity contribution in [3.05, 3.63) is 124 Å². The van der Waals surface area contributed by atoms with Crippen LogP contribution >= 0.6 is 11.6 Å². The molecule has 6 nitrogen and oxygen atoms in total. The molecule has 0 radical (unpaired) electrons. The molecule has 0 spiro atoms. The van der Waals surface area contributed by atoms with Crippen LogP contribution in [0.25, 0.3) is 17.1 Å². The molecule has 13 heteroatoms. The van der Waals surface area contributed by atoms with Crippen LogP contribution in [0, 0.1) is 0 Å². The van der Waals surface area contributed by atoms with Gasteiger partial charge in [-0.15, -0.1) is 5.10 Å². The first-order valence-corrected chi connectivity index (χ1v) is 12.3. The molecule has 41 heavy (non-hydrogen) atoms. The fourth-order valence-corrected chi connectivity index (χ4v) is 4.44. The Labute approximate surface area is 233 Å². The van der Waals surface area contributed by atoms with E-state index in [0.29, 0.717) is 45.4 Å². The molecule has 0 bridgehead atoms. The highest BCUT2D eigenvalue weighted by atomic mass is 35.5. The minimum atomic E-state index is -4.94.